The number of nitrogens with zero attached hydrogens (tertiary/aromatic N) is 1. The fourth-order valence-electron chi connectivity index (χ4n) is 3.38. The molecule has 2 atom stereocenters. The van der Waals surface area contributed by atoms with Crippen molar-refractivity contribution in [2.24, 2.45) is 4.40 Å². The summed E-state index contributed by atoms with van der Waals surface area (Å²) in [5, 5.41) is 0. The molecule has 1 aliphatic heterocycles. The van der Waals surface area contributed by atoms with Gasteiger partial charge in [0, 0.05) is 23.5 Å². The van der Waals surface area contributed by atoms with Gasteiger partial charge in [0.1, 0.15) is 16.7 Å². The lowest BCUT2D eigenvalue weighted by molar-refractivity contribution is -0.143. The maximum atomic E-state index is 12.5. The fraction of sp³-hybridized carbons (Fsp3) is 0.579. The van der Waals surface area contributed by atoms with Crippen LogP contribution in [0.5, 0.6) is 5.75 Å². The highest BCUT2D eigenvalue weighted by Gasteiger charge is 2.35. The van der Waals surface area contributed by atoms with Crippen LogP contribution < -0.4 is 4.74 Å². The zero-order valence-corrected chi connectivity index (χ0v) is 16.1. The largest absolute Gasteiger partial charge is 0.493 e. The zero-order valence-electron chi connectivity index (χ0n) is 15.3. The van der Waals surface area contributed by atoms with E-state index in [1.165, 1.54) is 5.56 Å². The Labute approximate surface area is 151 Å². The molecule has 25 heavy (non-hydrogen) atoms. The molecule has 0 aromatic heterocycles. The van der Waals surface area contributed by atoms with Crippen LogP contribution in [0.25, 0.3) is 0 Å². The summed E-state index contributed by atoms with van der Waals surface area (Å²) in [5.41, 5.74) is 4.13. The second kappa shape index (κ2) is 6.90. The normalized spacial score (nSPS) is 21.6. The summed E-state index contributed by atoms with van der Waals surface area (Å²) in [5.74, 6) is 0.709. The molecule has 0 unspecified atom stereocenters. The molecule has 0 bridgehead atoms. The molecule has 0 fully saturated rings. The number of ether oxygens (including phenoxy) is 2. The van der Waals surface area contributed by atoms with Gasteiger partial charge in [-0.1, -0.05) is 0 Å². The lowest BCUT2D eigenvalue weighted by atomic mass is 9.92. The quantitative estimate of drug-likeness (QED) is 0.770. The van der Waals surface area contributed by atoms with Crippen LogP contribution in [0.4, 0.5) is 0 Å². The van der Waals surface area contributed by atoms with E-state index in [1.807, 2.05) is 39.8 Å². The molecule has 1 aromatic carbocycles. The Morgan fingerprint density at radius 1 is 1.40 bits per heavy atom. The Morgan fingerprint density at radius 2 is 2.16 bits per heavy atom. The van der Waals surface area contributed by atoms with E-state index in [0.717, 1.165) is 29.0 Å². The number of rotatable bonds is 4. The van der Waals surface area contributed by atoms with Crippen molar-refractivity contribution in [1.29, 1.82) is 0 Å². The minimum atomic E-state index is -1.32. The molecule has 0 saturated heterocycles. The number of benzene rings is 1. The van der Waals surface area contributed by atoms with Gasteiger partial charge < -0.3 is 9.47 Å². The molecule has 1 aromatic rings. The first-order valence-electron chi connectivity index (χ1n) is 8.75. The van der Waals surface area contributed by atoms with E-state index < -0.39 is 15.7 Å². The highest BCUT2D eigenvalue weighted by Crippen LogP contribution is 2.44. The maximum absolute atomic E-state index is 12.5. The average Bonchev–Trinajstić information content (AvgIpc) is 3.11. The minimum Gasteiger partial charge on any atom is -0.493 e. The smallest absolute Gasteiger partial charge is 0.306 e. The first kappa shape index (κ1) is 18.1. The van der Waals surface area contributed by atoms with Gasteiger partial charge >= 0.3 is 5.97 Å². The molecule has 0 amide bonds. The van der Waals surface area contributed by atoms with Gasteiger partial charge in [0.25, 0.3) is 0 Å². The van der Waals surface area contributed by atoms with Gasteiger partial charge in [-0.3, -0.25) is 4.79 Å². The van der Waals surface area contributed by atoms with Crippen molar-refractivity contribution in [2.45, 2.75) is 57.6 Å². The Kier molecular flexibility index (Phi) is 5.00. The lowest BCUT2D eigenvalue weighted by Crippen LogP contribution is -2.20. The molecule has 1 heterocycles. The zero-order chi connectivity index (χ0) is 18.2. The molecular weight excluding hydrogens is 338 g/mol. The Hall–Kier alpha value is -1.69. The van der Waals surface area contributed by atoms with E-state index in [9.17, 15) is 9.00 Å². The highest BCUT2D eigenvalue weighted by molar-refractivity contribution is 7.85. The number of esters is 1. The molecular formula is C19H25NO4S. The number of hydrogen-bond donors (Lipinski definition) is 0. The average molecular weight is 363 g/mol. The summed E-state index contributed by atoms with van der Waals surface area (Å²) in [6.07, 6.45) is 1.78. The predicted octanol–water partition coefficient (Wildman–Crippen LogP) is 3.31. The first-order chi connectivity index (χ1) is 11.8. The second-order valence-electron chi connectivity index (χ2n) is 7.41. The Bertz CT molecular complexity index is 749. The van der Waals surface area contributed by atoms with Crippen LogP contribution in [0, 0.1) is 0 Å². The standard InChI is InChI=1S/C19H25NO4S/c1-5-23-17(21)11-12-10-15(20-25(22)19(2,3)4)13-6-7-16-14(18(12)13)8-9-24-16/h6-7,12H,5,8-11H2,1-4H3/b20-15-/t12-,25-/m0/s1. The van der Waals surface area contributed by atoms with Crippen molar-refractivity contribution >= 4 is 22.7 Å². The molecule has 0 saturated carbocycles. The van der Waals surface area contributed by atoms with Gasteiger partial charge in [-0.05, 0) is 51.8 Å². The molecule has 0 N–H and O–H groups in total. The Morgan fingerprint density at radius 3 is 2.84 bits per heavy atom. The Balaban J connectivity index is 2.00. The number of hydrogen-bond acceptors (Lipinski definition) is 4. The SMILES string of the molecule is CCOC(=O)C[C@@H]1C/C(=N/[S@@](=O)C(C)(C)C)c2ccc3c(c21)CCO3. The second-order valence-corrected chi connectivity index (χ2v) is 9.32. The van der Waals surface area contributed by atoms with E-state index in [4.69, 9.17) is 9.47 Å². The van der Waals surface area contributed by atoms with Crippen LogP contribution in [-0.4, -0.2) is 33.9 Å². The van der Waals surface area contributed by atoms with E-state index in [0.29, 0.717) is 26.1 Å². The predicted molar refractivity (Wildman–Crippen MR) is 98.7 cm³/mol. The summed E-state index contributed by atoms with van der Waals surface area (Å²) in [6.45, 7) is 8.59. The van der Waals surface area contributed by atoms with Gasteiger partial charge in [-0.25, -0.2) is 4.21 Å². The van der Waals surface area contributed by atoms with Crippen LogP contribution in [0.15, 0.2) is 16.5 Å². The molecule has 3 rings (SSSR count). The van der Waals surface area contributed by atoms with Crippen molar-refractivity contribution in [3.63, 3.8) is 0 Å². The van der Waals surface area contributed by atoms with Gasteiger partial charge in [0.2, 0.25) is 0 Å². The van der Waals surface area contributed by atoms with E-state index in [-0.39, 0.29) is 11.9 Å². The topological polar surface area (TPSA) is 65.0 Å². The fourth-order valence-corrected chi connectivity index (χ4v) is 4.03. The van der Waals surface area contributed by atoms with Crippen LogP contribution in [0.3, 0.4) is 0 Å². The number of carbonyl (C=O) groups is 1. The summed E-state index contributed by atoms with van der Waals surface area (Å²) in [6, 6.07) is 3.95. The van der Waals surface area contributed by atoms with E-state index >= 15 is 0 Å². The van der Waals surface area contributed by atoms with Crippen molar-refractivity contribution in [3.05, 3.63) is 28.8 Å². The molecule has 1 aliphatic carbocycles. The number of carbonyl (C=O) groups excluding carboxylic acids is 1. The summed E-state index contributed by atoms with van der Waals surface area (Å²) in [4.78, 5) is 12.0. The van der Waals surface area contributed by atoms with Gasteiger partial charge in [-0.15, -0.1) is 0 Å². The highest BCUT2D eigenvalue weighted by atomic mass is 32.2. The van der Waals surface area contributed by atoms with Crippen LogP contribution in [0.2, 0.25) is 0 Å². The lowest BCUT2D eigenvalue weighted by Gasteiger charge is -2.14. The molecule has 5 nitrogen and oxygen atoms in total. The van der Waals surface area contributed by atoms with Gasteiger partial charge in [0.15, 0.2) is 0 Å². The molecule has 6 heteroatoms. The number of fused-ring (bicyclic) bond motifs is 3. The van der Waals surface area contributed by atoms with Crippen molar-refractivity contribution < 1.29 is 18.5 Å². The third-order valence-corrected chi connectivity index (χ3v) is 5.95. The molecule has 0 spiro atoms. The van der Waals surface area contributed by atoms with Crippen LogP contribution >= 0.6 is 0 Å². The van der Waals surface area contributed by atoms with Crippen LogP contribution in [0.1, 0.15) is 63.1 Å². The monoisotopic (exact) mass is 363 g/mol. The van der Waals surface area contributed by atoms with E-state index in [2.05, 4.69) is 4.40 Å². The summed E-state index contributed by atoms with van der Waals surface area (Å²) >= 11 is 0. The molecule has 2 aliphatic rings. The molecule has 136 valence electrons. The van der Waals surface area contributed by atoms with Crippen LogP contribution in [-0.2, 0) is 26.9 Å². The first-order valence-corrected chi connectivity index (χ1v) is 9.86. The van der Waals surface area contributed by atoms with Crippen molar-refractivity contribution in [1.82, 2.24) is 0 Å². The maximum Gasteiger partial charge on any atom is 0.306 e. The summed E-state index contributed by atoms with van der Waals surface area (Å²) in [7, 11) is -1.32. The third kappa shape index (κ3) is 3.64. The van der Waals surface area contributed by atoms with Crippen molar-refractivity contribution in [2.75, 3.05) is 13.2 Å². The van der Waals surface area contributed by atoms with Gasteiger partial charge in [-0.2, -0.15) is 4.40 Å². The summed E-state index contributed by atoms with van der Waals surface area (Å²) < 4.78 is 27.4. The molecule has 0 radical (unpaired) electrons. The van der Waals surface area contributed by atoms with E-state index in [1.54, 1.807) is 0 Å². The third-order valence-electron chi connectivity index (χ3n) is 4.52. The van der Waals surface area contributed by atoms with Crippen molar-refractivity contribution in [3.8, 4) is 5.75 Å². The van der Waals surface area contributed by atoms with Gasteiger partial charge in [0.05, 0.1) is 30.1 Å². The minimum absolute atomic E-state index is 0.0152.